The molecular formula is C25H34N4O3. The van der Waals surface area contributed by atoms with E-state index in [0.717, 1.165) is 66.6 Å². The fourth-order valence-corrected chi connectivity index (χ4v) is 3.79. The van der Waals surface area contributed by atoms with E-state index in [2.05, 4.69) is 35.8 Å². The number of likely N-dealkylation sites (tertiary alicyclic amines) is 1. The van der Waals surface area contributed by atoms with E-state index >= 15 is 0 Å². The Balaban J connectivity index is 1.55. The van der Waals surface area contributed by atoms with E-state index in [1.54, 1.807) is 14.2 Å². The van der Waals surface area contributed by atoms with Crippen LogP contribution in [0.1, 0.15) is 36.5 Å². The van der Waals surface area contributed by atoms with Crippen molar-refractivity contribution < 1.29 is 14.3 Å². The molecule has 0 unspecified atom stereocenters. The SMILES string of the molecule is CCNC(=NCc1cccc(CN2CCCC2=O)c1)NCCc1ccc(OC)c(OC)c1. The lowest BCUT2D eigenvalue weighted by molar-refractivity contribution is -0.128. The van der Waals surface area contributed by atoms with Gasteiger partial charge in [-0.25, -0.2) is 4.99 Å². The summed E-state index contributed by atoms with van der Waals surface area (Å²) in [6.07, 6.45) is 2.47. The molecule has 0 spiro atoms. The van der Waals surface area contributed by atoms with Gasteiger partial charge in [-0.2, -0.15) is 0 Å². The molecule has 0 radical (unpaired) electrons. The first kappa shape index (κ1) is 23.4. The first-order chi connectivity index (χ1) is 15.6. The van der Waals surface area contributed by atoms with E-state index < -0.39 is 0 Å². The molecule has 0 bridgehead atoms. The second-order valence-electron chi connectivity index (χ2n) is 7.80. The number of methoxy groups -OCH3 is 2. The highest BCUT2D eigenvalue weighted by Gasteiger charge is 2.19. The van der Waals surface area contributed by atoms with Crippen molar-refractivity contribution in [3.8, 4) is 11.5 Å². The van der Waals surface area contributed by atoms with Crippen molar-refractivity contribution in [2.45, 2.75) is 39.3 Å². The first-order valence-electron chi connectivity index (χ1n) is 11.2. The van der Waals surface area contributed by atoms with E-state index in [4.69, 9.17) is 14.5 Å². The maximum atomic E-state index is 11.9. The molecule has 1 saturated heterocycles. The molecule has 2 N–H and O–H groups in total. The molecule has 7 nitrogen and oxygen atoms in total. The fourth-order valence-electron chi connectivity index (χ4n) is 3.79. The summed E-state index contributed by atoms with van der Waals surface area (Å²) in [7, 11) is 3.29. The highest BCUT2D eigenvalue weighted by molar-refractivity contribution is 5.79. The van der Waals surface area contributed by atoms with Gasteiger partial charge in [0.05, 0.1) is 20.8 Å². The highest BCUT2D eigenvalue weighted by atomic mass is 16.5. The van der Waals surface area contributed by atoms with Gasteiger partial charge in [0.1, 0.15) is 0 Å². The number of hydrogen-bond donors (Lipinski definition) is 2. The fraction of sp³-hybridized carbons (Fsp3) is 0.440. The smallest absolute Gasteiger partial charge is 0.222 e. The molecule has 0 atom stereocenters. The third-order valence-corrected chi connectivity index (χ3v) is 5.45. The Labute approximate surface area is 190 Å². The van der Waals surface area contributed by atoms with Crippen molar-refractivity contribution in [2.24, 2.45) is 4.99 Å². The number of amides is 1. The number of rotatable bonds is 10. The lowest BCUT2D eigenvalue weighted by atomic mass is 10.1. The summed E-state index contributed by atoms with van der Waals surface area (Å²) in [6.45, 7) is 5.71. The molecule has 7 heteroatoms. The highest BCUT2D eigenvalue weighted by Crippen LogP contribution is 2.27. The number of guanidine groups is 1. The zero-order valence-electron chi connectivity index (χ0n) is 19.3. The Hall–Kier alpha value is -3.22. The minimum atomic E-state index is 0.251. The van der Waals surface area contributed by atoms with Crippen molar-refractivity contribution >= 4 is 11.9 Å². The average molecular weight is 439 g/mol. The Morgan fingerprint density at radius 3 is 2.56 bits per heavy atom. The number of hydrogen-bond acceptors (Lipinski definition) is 4. The quantitative estimate of drug-likeness (QED) is 0.440. The van der Waals surface area contributed by atoms with E-state index in [9.17, 15) is 4.79 Å². The average Bonchev–Trinajstić information content (AvgIpc) is 3.21. The molecule has 172 valence electrons. The first-order valence-corrected chi connectivity index (χ1v) is 11.2. The van der Waals surface area contributed by atoms with Crippen molar-refractivity contribution in [3.63, 3.8) is 0 Å². The lowest BCUT2D eigenvalue weighted by Crippen LogP contribution is -2.38. The predicted octanol–water partition coefficient (Wildman–Crippen LogP) is 3.12. The van der Waals surface area contributed by atoms with Crippen LogP contribution < -0.4 is 20.1 Å². The Bertz CT molecular complexity index is 929. The molecule has 1 heterocycles. The molecule has 0 aromatic heterocycles. The van der Waals surface area contributed by atoms with Crippen LogP contribution in [-0.4, -0.2) is 50.6 Å². The van der Waals surface area contributed by atoms with Gasteiger partial charge in [0, 0.05) is 32.6 Å². The van der Waals surface area contributed by atoms with Crippen LogP contribution in [0, 0.1) is 0 Å². The van der Waals surface area contributed by atoms with E-state index in [-0.39, 0.29) is 5.91 Å². The van der Waals surface area contributed by atoms with E-state index in [0.29, 0.717) is 19.5 Å². The number of ether oxygens (including phenoxy) is 2. The summed E-state index contributed by atoms with van der Waals surface area (Å²) in [5.41, 5.74) is 3.45. The summed E-state index contributed by atoms with van der Waals surface area (Å²) in [6, 6.07) is 14.3. The normalized spacial score (nSPS) is 13.9. The molecule has 1 aliphatic rings. The van der Waals surface area contributed by atoms with Gasteiger partial charge in [-0.3, -0.25) is 4.79 Å². The zero-order chi connectivity index (χ0) is 22.8. The number of benzene rings is 2. The van der Waals surface area contributed by atoms with Gasteiger partial charge < -0.3 is 25.0 Å². The maximum absolute atomic E-state index is 11.9. The molecule has 32 heavy (non-hydrogen) atoms. The molecule has 2 aromatic rings. The minimum Gasteiger partial charge on any atom is -0.493 e. The van der Waals surface area contributed by atoms with Gasteiger partial charge in [-0.05, 0) is 48.6 Å². The van der Waals surface area contributed by atoms with Crippen LogP contribution in [0.25, 0.3) is 0 Å². The summed E-state index contributed by atoms with van der Waals surface area (Å²) >= 11 is 0. The number of nitrogens with one attached hydrogen (secondary N) is 2. The second kappa shape index (κ2) is 12.0. The monoisotopic (exact) mass is 438 g/mol. The molecule has 3 rings (SSSR count). The van der Waals surface area contributed by atoms with Crippen molar-refractivity contribution in [1.29, 1.82) is 0 Å². The topological polar surface area (TPSA) is 75.2 Å². The van der Waals surface area contributed by atoms with Gasteiger partial charge in [0.2, 0.25) is 5.91 Å². The van der Waals surface area contributed by atoms with Crippen molar-refractivity contribution in [1.82, 2.24) is 15.5 Å². The zero-order valence-corrected chi connectivity index (χ0v) is 19.3. The standard InChI is InChI=1S/C25H34N4O3/c1-4-26-25(27-13-12-19-10-11-22(31-2)23(16-19)32-3)28-17-20-7-5-8-21(15-20)18-29-14-6-9-24(29)30/h5,7-8,10-11,15-16H,4,6,9,12-14,17-18H2,1-3H3,(H2,26,27,28). The molecule has 1 fully saturated rings. The van der Waals surface area contributed by atoms with Gasteiger partial charge >= 0.3 is 0 Å². The van der Waals surface area contributed by atoms with Crippen LogP contribution in [0.15, 0.2) is 47.5 Å². The minimum absolute atomic E-state index is 0.251. The Morgan fingerprint density at radius 1 is 1.03 bits per heavy atom. The van der Waals surface area contributed by atoms with Gasteiger partial charge in [0.25, 0.3) is 0 Å². The van der Waals surface area contributed by atoms with Crippen LogP contribution in [0.4, 0.5) is 0 Å². The predicted molar refractivity (Wildman–Crippen MR) is 127 cm³/mol. The van der Waals surface area contributed by atoms with E-state index in [1.165, 1.54) is 0 Å². The number of nitrogens with zero attached hydrogens (tertiary/aromatic N) is 2. The summed E-state index contributed by atoms with van der Waals surface area (Å²) in [5.74, 6) is 2.51. The largest absolute Gasteiger partial charge is 0.493 e. The number of carbonyl (C=O) groups excluding carboxylic acids is 1. The molecule has 0 aliphatic carbocycles. The number of aliphatic imine (C=N–C) groups is 1. The van der Waals surface area contributed by atoms with Crippen LogP contribution in [0.3, 0.4) is 0 Å². The van der Waals surface area contributed by atoms with Gasteiger partial charge in [-0.15, -0.1) is 0 Å². The van der Waals surface area contributed by atoms with Gasteiger partial charge in [0.15, 0.2) is 17.5 Å². The maximum Gasteiger partial charge on any atom is 0.222 e. The van der Waals surface area contributed by atoms with Crippen LogP contribution in [-0.2, 0) is 24.3 Å². The number of carbonyl (C=O) groups is 1. The molecule has 0 saturated carbocycles. The molecule has 2 aromatic carbocycles. The third-order valence-electron chi connectivity index (χ3n) is 5.45. The Morgan fingerprint density at radius 2 is 1.84 bits per heavy atom. The van der Waals surface area contributed by atoms with E-state index in [1.807, 2.05) is 29.2 Å². The summed E-state index contributed by atoms with van der Waals surface area (Å²) < 4.78 is 10.7. The Kier molecular flexibility index (Phi) is 8.78. The van der Waals surface area contributed by atoms with Crippen LogP contribution in [0.2, 0.25) is 0 Å². The van der Waals surface area contributed by atoms with Crippen LogP contribution in [0.5, 0.6) is 11.5 Å². The third kappa shape index (κ3) is 6.64. The van der Waals surface area contributed by atoms with Crippen molar-refractivity contribution in [2.75, 3.05) is 33.9 Å². The molecule has 1 aliphatic heterocycles. The summed E-state index contributed by atoms with van der Waals surface area (Å²) in [5, 5.41) is 6.70. The molecular weight excluding hydrogens is 404 g/mol. The van der Waals surface area contributed by atoms with Crippen molar-refractivity contribution in [3.05, 3.63) is 59.2 Å². The van der Waals surface area contributed by atoms with Crippen LogP contribution >= 0.6 is 0 Å². The second-order valence-corrected chi connectivity index (χ2v) is 7.80. The summed E-state index contributed by atoms with van der Waals surface area (Å²) in [4.78, 5) is 18.6. The molecule has 1 amide bonds. The van der Waals surface area contributed by atoms with Gasteiger partial charge in [-0.1, -0.05) is 30.3 Å². The lowest BCUT2D eigenvalue weighted by Gasteiger charge is -2.16.